The predicted octanol–water partition coefficient (Wildman–Crippen LogP) is 0.865. The second kappa shape index (κ2) is 3.57. The van der Waals surface area contributed by atoms with Crippen LogP contribution >= 0.6 is 0 Å². The van der Waals surface area contributed by atoms with Crippen LogP contribution in [0.4, 0.5) is 0 Å². The lowest BCUT2D eigenvalue weighted by Gasteiger charge is -2.16. The lowest BCUT2D eigenvalue weighted by Crippen LogP contribution is -2.36. The van der Waals surface area contributed by atoms with Gasteiger partial charge in [-0.2, -0.15) is 0 Å². The first kappa shape index (κ1) is 12.7. The third kappa shape index (κ3) is 1.03. The van der Waals surface area contributed by atoms with Crippen LogP contribution in [-0.4, -0.2) is 29.9 Å². The van der Waals surface area contributed by atoms with Gasteiger partial charge in [0, 0.05) is 0 Å². The quantitative estimate of drug-likeness (QED) is 0.570. The minimum absolute atomic E-state index is 0.268. The van der Waals surface area contributed by atoms with E-state index in [1.165, 1.54) is 6.92 Å². The number of esters is 1. The molecule has 0 aromatic carbocycles. The highest BCUT2D eigenvalue weighted by atomic mass is 16.5. The molecule has 5 heteroatoms. The van der Waals surface area contributed by atoms with Gasteiger partial charge < -0.3 is 9.84 Å². The van der Waals surface area contributed by atoms with E-state index in [1.807, 2.05) is 0 Å². The number of hydrogen-bond acceptors (Lipinski definition) is 4. The number of Topliss-reactive ketones (excluding diaryl/α,β-unsaturated/α-hetero) is 1. The number of aliphatic carboxylic acids is 1. The first-order valence-corrected chi connectivity index (χ1v) is 5.16. The molecule has 90 valence electrons. The fourth-order valence-corrected chi connectivity index (χ4v) is 3.14. The van der Waals surface area contributed by atoms with Crippen molar-refractivity contribution >= 4 is 17.7 Å². The van der Waals surface area contributed by atoms with Crippen LogP contribution in [-0.2, 0) is 19.1 Å². The zero-order chi connectivity index (χ0) is 12.7. The van der Waals surface area contributed by atoms with Crippen molar-refractivity contribution in [1.82, 2.24) is 0 Å². The summed E-state index contributed by atoms with van der Waals surface area (Å²) in [5, 5.41) is 9.24. The van der Waals surface area contributed by atoms with Crippen LogP contribution in [0.2, 0.25) is 0 Å². The Morgan fingerprint density at radius 2 is 1.88 bits per heavy atom. The van der Waals surface area contributed by atoms with Crippen LogP contribution in [0.1, 0.15) is 27.2 Å². The summed E-state index contributed by atoms with van der Waals surface area (Å²) in [5.74, 6) is -2.89. The second-order valence-electron chi connectivity index (χ2n) is 4.21. The maximum absolute atomic E-state index is 11.7. The minimum Gasteiger partial charge on any atom is -0.480 e. The van der Waals surface area contributed by atoms with Gasteiger partial charge in [-0.05, 0) is 19.3 Å². The van der Waals surface area contributed by atoms with E-state index in [2.05, 4.69) is 4.74 Å². The van der Waals surface area contributed by atoms with Gasteiger partial charge in [-0.15, -0.1) is 0 Å². The molecule has 3 atom stereocenters. The molecular weight excluding hydrogens is 212 g/mol. The number of carbonyl (C=O) groups excluding carboxylic acids is 2. The van der Waals surface area contributed by atoms with E-state index in [4.69, 9.17) is 0 Å². The van der Waals surface area contributed by atoms with Crippen molar-refractivity contribution in [3.8, 4) is 0 Å². The van der Waals surface area contributed by atoms with Crippen LogP contribution in [0.5, 0.6) is 0 Å². The number of carboxylic acid groups (broad SMARTS) is 1. The van der Waals surface area contributed by atoms with E-state index in [9.17, 15) is 19.5 Å². The second-order valence-corrected chi connectivity index (χ2v) is 4.21. The van der Waals surface area contributed by atoms with Crippen LogP contribution < -0.4 is 0 Å². The number of ketones is 1. The van der Waals surface area contributed by atoms with Crippen molar-refractivity contribution in [2.45, 2.75) is 27.2 Å². The number of rotatable bonds is 4. The van der Waals surface area contributed by atoms with Crippen LogP contribution in [0.3, 0.4) is 0 Å². The van der Waals surface area contributed by atoms with Gasteiger partial charge in [0.1, 0.15) is 5.78 Å². The molecule has 16 heavy (non-hydrogen) atoms. The fourth-order valence-electron chi connectivity index (χ4n) is 3.14. The summed E-state index contributed by atoms with van der Waals surface area (Å²) in [6.07, 6.45) is 0.324. The minimum atomic E-state index is -1.69. The van der Waals surface area contributed by atoms with Crippen LogP contribution in [0.25, 0.3) is 0 Å². The molecule has 0 aromatic heterocycles. The van der Waals surface area contributed by atoms with Gasteiger partial charge >= 0.3 is 11.9 Å². The largest absolute Gasteiger partial charge is 0.480 e. The highest BCUT2D eigenvalue weighted by Crippen LogP contribution is 2.71. The highest BCUT2D eigenvalue weighted by Gasteiger charge is 2.85. The van der Waals surface area contributed by atoms with Crippen LogP contribution in [0, 0.1) is 16.7 Å². The summed E-state index contributed by atoms with van der Waals surface area (Å²) in [7, 11) is 1.14. The third-order valence-corrected chi connectivity index (χ3v) is 4.04. The standard InChI is InChI=1S/C11H16O5/c1-5-10(7(3)12)6(2)11(10,8(13)14)9(15)16-4/h6H,5H2,1-4H3,(H,13,14). The van der Waals surface area contributed by atoms with Gasteiger partial charge in [0.25, 0.3) is 0 Å². The molecule has 1 aliphatic carbocycles. The lowest BCUT2D eigenvalue weighted by molar-refractivity contribution is -0.163. The van der Waals surface area contributed by atoms with Gasteiger partial charge in [0.15, 0.2) is 5.41 Å². The lowest BCUT2D eigenvalue weighted by atomic mass is 9.87. The summed E-state index contributed by atoms with van der Waals surface area (Å²) >= 11 is 0. The molecule has 0 aliphatic heterocycles. The van der Waals surface area contributed by atoms with Gasteiger partial charge in [0.05, 0.1) is 12.5 Å². The summed E-state index contributed by atoms with van der Waals surface area (Å²) < 4.78 is 4.54. The Bertz CT molecular complexity index is 361. The number of ether oxygens (including phenoxy) is 1. The monoisotopic (exact) mass is 228 g/mol. The van der Waals surface area contributed by atoms with E-state index in [0.717, 1.165) is 7.11 Å². The molecule has 0 bridgehead atoms. The Labute approximate surface area is 93.8 Å². The van der Waals surface area contributed by atoms with Crippen molar-refractivity contribution in [2.24, 2.45) is 16.7 Å². The molecule has 1 saturated carbocycles. The summed E-state index contributed by atoms with van der Waals surface area (Å²) in [5.41, 5.74) is -2.80. The summed E-state index contributed by atoms with van der Waals surface area (Å²) in [4.78, 5) is 34.6. The Balaban J connectivity index is 3.33. The molecule has 0 radical (unpaired) electrons. The molecule has 1 aliphatic rings. The zero-order valence-electron chi connectivity index (χ0n) is 9.86. The van der Waals surface area contributed by atoms with E-state index >= 15 is 0 Å². The van der Waals surface area contributed by atoms with Gasteiger partial charge in [-0.1, -0.05) is 13.8 Å². The molecule has 0 saturated heterocycles. The number of carboxylic acids is 1. The van der Waals surface area contributed by atoms with Crippen LogP contribution in [0.15, 0.2) is 0 Å². The smallest absolute Gasteiger partial charge is 0.324 e. The maximum atomic E-state index is 11.7. The molecular formula is C11H16O5. The summed E-state index contributed by atoms with van der Waals surface area (Å²) in [6, 6.07) is 0. The number of hydrogen-bond donors (Lipinski definition) is 1. The Hall–Kier alpha value is -1.39. The highest BCUT2D eigenvalue weighted by molar-refractivity contribution is 6.12. The van der Waals surface area contributed by atoms with Gasteiger partial charge in [0.2, 0.25) is 0 Å². The molecule has 1 N–H and O–H groups in total. The van der Waals surface area contributed by atoms with Crippen molar-refractivity contribution < 1.29 is 24.2 Å². The third-order valence-electron chi connectivity index (χ3n) is 4.04. The van der Waals surface area contributed by atoms with E-state index < -0.39 is 28.7 Å². The molecule has 0 amide bonds. The molecule has 1 rings (SSSR count). The topological polar surface area (TPSA) is 80.7 Å². The van der Waals surface area contributed by atoms with E-state index in [-0.39, 0.29) is 5.78 Å². The van der Waals surface area contributed by atoms with Crippen molar-refractivity contribution in [1.29, 1.82) is 0 Å². The first-order chi connectivity index (χ1) is 7.33. The average molecular weight is 228 g/mol. The van der Waals surface area contributed by atoms with Crippen molar-refractivity contribution in [3.63, 3.8) is 0 Å². The normalized spacial score (nSPS) is 36.6. The van der Waals surface area contributed by atoms with Gasteiger partial charge in [-0.3, -0.25) is 14.4 Å². The SMILES string of the molecule is CCC1(C(C)=O)C(C)C1(C(=O)O)C(=O)OC. The predicted molar refractivity (Wildman–Crippen MR) is 54.7 cm³/mol. The first-order valence-electron chi connectivity index (χ1n) is 5.16. The Morgan fingerprint density at radius 3 is 2.06 bits per heavy atom. The maximum Gasteiger partial charge on any atom is 0.324 e. The zero-order valence-corrected chi connectivity index (χ0v) is 9.86. The molecule has 0 heterocycles. The molecule has 3 unspecified atom stereocenters. The average Bonchev–Trinajstić information content (AvgIpc) is 2.79. The molecule has 0 aromatic rings. The summed E-state index contributed by atoms with van der Waals surface area (Å²) in [6.45, 7) is 4.65. The van der Waals surface area contributed by atoms with Crippen molar-refractivity contribution in [3.05, 3.63) is 0 Å². The molecule has 1 fully saturated rings. The molecule has 5 nitrogen and oxygen atoms in total. The Morgan fingerprint density at radius 1 is 1.38 bits per heavy atom. The van der Waals surface area contributed by atoms with Crippen molar-refractivity contribution in [2.75, 3.05) is 7.11 Å². The van der Waals surface area contributed by atoms with Gasteiger partial charge in [-0.25, -0.2) is 0 Å². The number of carbonyl (C=O) groups is 3. The van der Waals surface area contributed by atoms with E-state index in [0.29, 0.717) is 6.42 Å². The Kier molecular flexibility index (Phi) is 2.83. The fraction of sp³-hybridized carbons (Fsp3) is 0.727. The molecule has 0 spiro atoms. The van der Waals surface area contributed by atoms with E-state index in [1.54, 1.807) is 13.8 Å². The number of methoxy groups -OCH3 is 1.